The van der Waals surface area contributed by atoms with Crippen LogP contribution in [-0.2, 0) is 9.53 Å². The van der Waals surface area contributed by atoms with Crippen molar-refractivity contribution in [3.8, 4) is 0 Å². The van der Waals surface area contributed by atoms with Crippen LogP contribution in [0, 0.1) is 12.8 Å². The summed E-state index contributed by atoms with van der Waals surface area (Å²) in [4.78, 5) is 11.9. The summed E-state index contributed by atoms with van der Waals surface area (Å²) < 4.78 is 5.83. The van der Waals surface area contributed by atoms with E-state index in [0.29, 0.717) is 12.5 Å². The maximum atomic E-state index is 11.9. The normalized spacial score (nSPS) is 25.6. The van der Waals surface area contributed by atoms with E-state index in [9.17, 15) is 4.79 Å². The zero-order valence-corrected chi connectivity index (χ0v) is 12.3. The van der Waals surface area contributed by atoms with Crippen molar-refractivity contribution in [3.05, 3.63) is 29.8 Å². The van der Waals surface area contributed by atoms with Crippen molar-refractivity contribution in [1.82, 2.24) is 0 Å². The van der Waals surface area contributed by atoms with Crippen LogP contribution < -0.4 is 11.1 Å². The molecule has 2 unspecified atom stereocenters. The Balaban J connectivity index is 1.84. The molecule has 0 heterocycles. The Bertz CT molecular complexity index is 458. The van der Waals surface area contributed by atoms with E-state index in [0.717, 1.165) is 24.9 Å². The molecule has 3 N–H and O–H groups in total. The SMILES string of the molecule is Cc1ccc(NC(=O)COC2(CN)CCC(C)C2)cc1. The number of nitrogens with one attached hydrogen (secondary N) is 1. The van der Waals surface area contributed by atoms with Gasteiger partial charge in [-0.1, -0.05) is 24.6 Å². The third-order valence-corrected chi connectivity index (χ3v) is 4.03. The third-order valence-electron chi connectivity index (χ3n) is 4.03. The number of carbonyl (C=O) groups excluding carboxylic acids is 1. The van der Waals surface area contributed by atoms with Crippen LogP contribution in [0.15, 0.2) is 24.3 Å². The lowest BCUT2D eigenvalue weighted by Gasteiger charge is -2.27. The molecule has 1 fully saturated rings. The van der Waals surface area contributed by atoms with Crippen LogP contribution in [-0.4, -0.2) is 24.7 Å². The molecule has 0 spiro atoms. The van der Waals surface area contributed by atoms with Crippen molar-refractivity contribution in [2.24, 2.45) is 11.7 Å². The lowest BCUT2D eigenvalue weighted by molar-refractivity contribution is -0.127. The Hall–Kier alpha value is -1.39. The van der Waals surface area contributed by atoms with Crippen LogP contribution >= 0.6 is 0 Å². The number of hydrogen-bond acceptors (Lipinski definition) is 3. The highest BCUT2D eigenvalue weighted by molar-refractivity contribution is 5.91. The summed E-state index contributed by atoms with van der Waals surface area (Å²) in [5, 5.41) is 2.84. The first-order valence-electron chi connectivity index (χ1n) is 7.23. The average molecular weight is 276 g/mol. The molecule has 0 aromatic heterocycles. The van der Waals surface area contributed by atoms with E-state index in [2.05, 4.69) is 12.2 Å². The fourth-order valence-electron chi connectivity index (χ4n) is 2.78. The minimum Gasteiger partial charge on any atom is -0.364 e. The Labute approximate surface area is 120 Å². The number of amides is 1. The Kier molecular flexibility index (Phi) is 4.78. The van der Waals surface area contributed by atoms with Gasteiger partial charge < -0.3 is 15.8 Å². The van der Waals surface area contributed by atoms with Gasteiger partial charge in [-0.2, -0.15) is 0 Å². The number of benzene rings is 1. The summed E-state index contributed by atoms with van der Waals surface area (Å²) in [6.07, 6.45) is 3.01. The highest BCUT2D eigenvalue weighted by atomic mass is 16.5. The first-order chi connectivity index (χ1) is 9.53. The summed E-state index contributed by atoms with van der Waals surface area (Å²) in [6, 6.07) is 7.72. The predicted octanol–water partition coefficient (Wildman–Crippen LogP) is 2.47. The summed E-state index contributed by atoms with van der Waals surface area (Å²) >= 11 is 0. The molecule has 1 aliphatic rings. The lowest BCUT2D eigenvalue weighted by atomic mass is 10.0. The molecule has 4 nitrogen and oxygen atoms in total. The number of ether oxygens (including phenoxy) is 1. The fourth-order valence-corrected chi connectivity index (χ4v) is 2.78. The number of hydrogen-bond donors (Lipinski definition) is 2. The van der Waals surface area contributed by atoms with Crippen molar-refractivity contribution in [3.63, 3.8) is 0 Å². The quantitative estimate of drug-likeness (QED) is 0.868. The van der Waals surface area contributed by atoms with Crippen LogP contribution in [0.1, 0.15) is 31.7 Å². The summed E-state index contributed by atoms with van der Waals surface area (Å²) in [6.45, 7) is 4.76. The van der Waals surface area contributed by atoms with E-state index in [1.54, 1.807) is 0 Å². The molecule has 2 atom stereocenters. The molecule has 1 aromatic carbocycles. The highest BCUT2D eigenvalue weighted by Crippen LogP contribution is 2.36. The Morgan fingerprint density at radius 3 is 2.70 bits per heavy atom. The third kappa shape index (κ3) is 3.81. The molecule has 1 aliphatic carbocycles. The van der Waals surface area contributed by atoms with Crippen LogP contribution in [0.2, 0.25) is 0 Å². The molecule has 4 heteroatoms. The van der Waals surface area contributed by atoms with Gasteiger partial charge in [-0.25, -0.2) is 0 Å². The summed E-state index contributed by atoms with van der Waals surface area (Å²) in [5.74, 6) is 0.500. The molecule has 0 bridgehead atoms. The van der Waals surface area contributed by atoms with E-state index >= 15 is 0 Å². The van der Waals surface area contributed by atoms with Gasteiger partial charge in [0.1, 0.15) is 6.61 Å². The van der Waals surface area contributed by atoms with E-state index in [1.165, 1.54) is 5.56 Å². The molecule has 1 aromatic rings. The zero-order chi connectivity index (χ0) is 14.6. The van der Waals surface area contributed by atoms with Crippen LogP contribution in [0.3, 0.4) is 0 Å². The second-order valence-corrected chi connectivity index (χ2v) is 5.94. The van der Waals surface area contributed by atoms with Crippen molar-refractivity contribution in [2.45, 2.75) is 38.7 Å². The van der Waals surface area contributed by atoms with Crippen molar-refractivity contribution in [1.29, 1.82) is 0 Å². The minimum absolute atomic E-state index is 0.0673. The number of rotatable bonds is 5. The average Bonchev–Trinajstić information content (AvgIpc) is 2.82. The molecule has 20 heavy (non-hydrogen) atoms. The summed E-state index contributed by atoms with van der Waals surface area (Å²) in [7, 11) is 0. The molecule has 110 valence electrons. The van der Waals surface area contributed by atoms with Gasteiger partial charge in [0.25, 0.3) is 0 Å². The maximum absolute atomic E-state index is 11.9. The van der Waals surface area contributed by atoms with Gasteiger partial charge >= 0.3 is 0 Å². The van der Waals surface area contributed by atoms with Gasteiger partial charge in [-0.05, 0) is 44.2 Å². The number of carbonyl (C=O) groups is 1. The Morgan fingerprint density at radius 2 is 2.15 bits per heavy atom. The minimum atomic E-state index is -0.302. The molecule has 2 rings (SSSR count). The van der Waals surface area contributed by atoms with Gasteiger partial charge in [-0.3, -0.25) is 4.79 Å². The van der Waals surface area contributed by atoms with E-state index in [1.807, 2.05) is 31.2 Å². The standard InChI is InChI=1S/C16H24N2O2/c1-12-3-5-14(6-4-12)18-15(19)10-20-16(11-17)8-7-13(2)9-16/h3-6,13H,7-11,17H2,1-2H3,(H,18,19). The van der Waals surface area contributed by atoms with Gasteiger partial charge in [0.05, 0.1) is 5.60 Å². The topological polar surface area (TPSA) is 64.3 Å². The van der Waals surface area contributed by atoms with E-state index < -0.39 is 0 Å². The van der Waals surface area contributed by atoms with Gasteiger partial charge in [0.2, 0.25) is 5.91 Å². The second-order valence-electron chi connectivity index (χ2n) is 5.94. The Morgan fingerprint density at radius 1 is 1.45 bits per heavy atom. The van der Waals surface area contributed by atoms with Gasteiger partial charge in [-0.15, -0.1) is 0 Å². The molecule has 1 saturated carbocycles. The van der Waals surface area contributed by atoms with Crippen LogP contribution in [0.5, 0.6) is 0 Å². The van der Waals surface area contributed by atoms with Crippen molar-refractivity contribution < 1.29 is 9.53 Å². The number of aryl methyl sites for hydroxylation is 1. The number of nitrogens with two attached hydrogens (primary N) is 1. The molecule has 1 amide bonds. The lowest BCUT2D eigenvalue weighted by Crippen LogP contribution is -2.40. The fraction of sp³-hybridized carbons (Fsp3) is 0.562. The zero-order valence-electron chi connectivity index (χ0n) is 12.3. The molecular weight excluding hydrogens is 252 g/mol. The monoisotopic (exact) mass is 276 g/mol. The summed E-state index contributed by atoms with van der Waals surface area (Å²) in [5.41, 5.74) is 7.49. The van der Waals surface area contributed by atoms with Gasteiger partial charge in [0.15, 0.2) is 0 Å². The molecule has 0 radical (unpaired) electrons. The molecule has 0 aliphatic heterocycles. The van der Waals surface area contributed by atoms with Gasteiger partial charge in [0, 0.05) is 12.2 Å². The van der Waals surface area contributed by atoms with Crippen molar-refractivity contribution in [2.75, 3.05) is 18.5 Å². The first-order valence-corrected chi connectivity index (χ1v) is 7.23. The molecule has 0 saturated heterocycles. The van der Waals surface area contributed by atoms with E-state index in [-0.39, 0.29) is 18.1 Å². The van der Waals surface area contributed by atoms with Crippen LogP contribution in [0.25, 0.3) is 0 Å². The van der Waals surface area contributed by atoms with Crippen molar-refractivity contribution >= 4 is 11.6 Å². The second kappa shape index (κ2) is 6.37. The van der Waals surface area contributed by atoms with E-state index in [4.69, 9.17) is 10.5 Å². The molecular formula is C16H24N2O2. The maximum Gasteiger partial charge on any atom is 0.250 e. The number of anilines is 1. The largest absolute Gasteiger partial charge is 0.364 e. The van der Waals surface area contributed by atoms with Crippen LogP contribution in [0.4, 0.5) is 5.69 Å². The smallest absolute Gasteiger partial charge is 0.250 e. The first kappa shape index (κ1) is 15.0. The predicted molar refractivity (Wildman–Crippen MR) is 80.6 cm³/mol. The highest BCUT2D eigenvalue weighted by Gasteiger charge is 2.37.